The zero-order valence-corrected chi connectivity index (χ0v) is 13.8. The molecule has 1 atom stereocenters. The molecule has 1 unspecified atom stereocenters. The number of hydrogen-bond acceptors (Lipinski definition) is 4. The van der Waals surface area contributed by atoms with Gasteiger partial charge in [0.1, 0.15) is 12.6 Å². The number of anilines is 2. The molecule has 122 valence electrons. The maximum Gasteiger partial charge on any atom is 0.250 e. The van der Waals surface area contributed by atoms with Crippen molar-refractivity contribution < 1.29 is 14.3 Å². The summed E-state index contributed by atoms with van der Waals surface area (Å²) >= 11 is 0. The standard InChI is InChI=1S/C16H25N3O3/c1-11(15(21)19-16(2,3)4)17-12-6-8-13(9-7-12)18-14(20)10-22-5/h6-9,11,17H,10H2,1-5H3,(H,18,20)(H,19,21). The molecule has 0 saturated heterocycles. The van der Waals surface area contributed by atoms with Crippen molar-refractivity contribution >= 4 is 23.2 Å². The summed E-state index contributed by atoms with van der Waals surface area (Å²) in [5.74, 6) is -0.272. The van der Waals surface area contributed by atoms with Crippen LogP contribution in [-0.4, -0.2) is 37.1 Å². The van der Waals surface area contributed by atoms with Crippen molar-refractivity contribution in [2.75, 3.05) is 24.4 Å². The van der Waals surface area contributed by atoms with Crippen LogP contribution in [0.15, 0.2) is 24.3 Å². The van der Waals surface area contributed by atoms with Crippen LogP contribution in [0.1, 0.15) is 27.7 Å². The fraction of sp³-hybridized carbons (Fsp3) is 0.500. The van der Waals surface area contributed by atoms with E-state index in [-0.39, 0.29) is 30.0 Å². The number of carbonyl (C=O) groups excluding carboxylic acids is 2. The van der Waals surface area contributed by atoms with E-state index >= 15 is 0 Å². The van der Waals surface area contributed by atoms with Gasteiger partial charge < -0.3 is 20.7 Å². The Labute approximate surface area is 131 Å². The van der Waals surface area contributed by atoms with Crippen molar-refractivity contribution in [2.24, 2.45) is 0 Å². The second kappa shape index (κ2) is 7.79. The molecule has 0 aliphatic rings. The smallest absolute Gasteiger partial charge is 0.250 e. The number of benzene rings is 1. The summed E-state index contributed by atoms with van der Waals surface area (Å²) in [5, 5.41) is 8.75. The minimum Gasteiger partial charge on any atom is -0.375 e. The topological polar surface area (TPSA) is 79.5 Å². The van der Waals surface area contributed by atoms with Gasteiger partial charge in [-0.3, -0.25) is 9.59 Å². The molecular weight excluding hydrogens is 282 g/mol. The molecule has 0 heterocycles. The second-order valence-corrected chi connectivity index (χ2v) is 6.16. The number of methoxy groups -OCH3 is 1. The van der Waals surface area contributed by atoms with E-state index in [9.17, 15) is 9.59 Å². The quantitative estimate of drug-likeness (QED) is 0.751. The van der Waals surface area contributed by atoms with Crippen LogP contribution >= 0.6 is 0 Å². The summed E-state index contributed by atoms with van der Waals surface area (Å²) in [5.41, 5.74) is 1.23. The zero-order valence-electron chi connectivity index (χ0n) is 13.8. The van der Waals surface area contributed by atoms with E-state index in [1.54, 1.807) is 19.1 Å². The number of rotatable bonds is 6. The summed E-state index contributed by atoms with van der Waals surface area (Å²) in [4.78, 5) is 23.4. The zero-order chi connectivity index (χ0) is 16.8. The Kier molecular flexibility index (Phi) is 6.37. The molecule has 6 heteroatoms. The molecule has 22 heavy (non-hydrogen) atoms. The SMILES string of the molecule is COCC(=O)Nc1ccc(NC(C)C(=O)NC(C)(C)C)cc1. The Hall–Kier alpha value is -2.08. The van der Waals surface area contributed by atoms with E-state index in [4.69, 9.17) is 4.74 Å². The predicted molar refractivity (Wildman–Crippen MR) is 87.9 cm³/mol. The van der Waals surface area contributed by atoms with E-state index < -0.39 is 0 Å². The lowest BCUT2D eigenvalue weighted by Crippen LogP contribution is -2.47. The van der Waals surface area contributed by atoms with Gasteiger partial charge >= 0.3 is 0 Å². The number of nitrogens with one attached hydrogen (secondary N) is 3. The molecule has 1 aromatic carbocycles. The minimum absolute atomic E-state index is 0.0179. The van der Waals surface area contributed by atoms with Crippen molar-refractivity contribution in [1.29, 1.82) is 0 Å². The molecule has 2 amide bonds. The largest absolute Gasteiger partial charge is 0.375 e. The lowest BCUT2D eigenvalue weighted by atomic mass is 10.1. The highest BCUT2D eigenvalue weighted by Crippen LogP contribution is 2.14. The highest BCUT2D eigenvalue weighted by atomic mass is 16.5. The maximum atomic E-state index is 12.0. The Morgan fingerprint density at radius 2 is 1.68 bits per heavy atom. The van der Waals surface area contributed by atoms with Gasteiger partial charge in [-0.2, -0.15) is 0 Å². The fourth-order valence-corrected chi connectivity index (χ4v) is 1.77. The molecule has 0 spiro atoms. The van der Waals surface area contributed by atoms with Gasteiger partial charge in [-0.15, -0.1) is 0 Å². The normalized spacial score (nSPS) is 12.4. The van der Waals surface area contributed by atoms with Gasteiger partial charge in [0.05, 0.1) is 0 Å². The molecular formula is C16H25N3O3. The fourth-order valence-electron chi connectivity index (χ4n) is 1.77. The maximum absolute atomic E-state index is 12.0. The van der Waals surface area contributed by atoms with Gasteiger partial charge in [0.15, 0.2) is 0 Å². The summed E-state index contributed by atoms with van der Waals surface area (Å²) in [6.07, 6.45) is 0. The first-order valence-corrected chi connectivity index (χ1v) is 7.18. The van der Waals surface area contributed by atoms with Crippen molar-refractivity contribution in [3.8, 4) is 0 Å². The van der Waals surface area contributed by atoms with Crippen molar-refractivity contribution in [2.45, 2.75) is 39.3 Å². The molecule has 3 N–H and O–H groups in total. The number of hydrogen-bond donors (Lipinski definition) is 3. The van der Waals surface area contributed by atoms with Crippen LogP contribution in [0, 0.1) is 0 Å². The molecule has 6 nitrogen and oxygen atoms in total. The molecule has 0 bridgehead atoms. The van der Waals surface area contributed by atoms with Gasteiger partial charge in [-0.05, 0) is 52.0 Å². The van der Waals surface area contributed by atoms with Crippen LogP contribution in [0.5, 0.6) is 0 Å². The molecule has 0 aliphatic carbocycles. The first-order valence-electron chi connectivity index (χ1n) is 7.18. The first kappa shape index (κ1) is 18.0. The lowest BCUT2D eigenvalue weighted by Gasteiger charge is -2.24. The summed E-state index contributed by atoms with van der Waals surface area (Å²) in [7, 11) is 1.47. The highest BCUT2D eigenvalue weighted by Gasteiger charge is 2.18. The van der Waals surface area contributed by atoms with Gasteiger partial charge in [0, 0.05) is 24.0 Å². The van der Waals surface area contributed by atoms with Gasteiger partial charge in [0.25, 0.3) is 0 Å². The minimum atomic E-state index is -0.354. The third-order valence-corrected chi connectivity index (χ3v) is 2.72. The third-order valence-electron chi connectivity index (χ3n) is 2.72. The van der Waals surface area contributed by atoms with E-state index in [0.29, 0.717) is 5.69 Å². The summed E-state index contributed by atoms with van der Waals surface area (Å²) in [6, 6.07) is 6.80. The number of carbonyl (C=O) groups is 2. The van der Waals surface area contributed by atoms with Gasteiger partial charge in [-0.1, -0.05) is 0 Å². The molecule has 1 rings (SSSR count). The Balaban J connectivity index is 2.56. The second-order valence-electron chi connectivity index (χ2n) is 6.16. The van der Waals surface area contributed by atoms with E-state index in [1.807, 2.05) is 32.9 Å². The molecule has 0 aromatic heterocycles. The predicted octanol–water partition coefficient (Wildman–Crippen LogP) is 1.99. The van der Waals surface area contributed by atoms with Crippen LogP contribution in [-0.2, 0) is 14.3 Å². The van der Waals surface area contributed by atoms with Crippen LogP contribution in [0.4, 0.5) is 11.4 Å². The number of amides is 2. The van der Waals surface area contributed by atoms with E-state index in [0.717, 1.165) is 5.69 Å². The molecule has 0 radical (unpaired) electrons. The highest BCUT2D eigenvalue weighted by molar-refractivity contribution is 5.92. The van der Waals surface area contributed by atoms with Crippen LogP contribution in [0.25, 0.3) is 0 Å². The van der Waals surface area contributed by atoms with E-state index in [1.165, 1.54) is 7.11 Å². The monoisotopic (exact) mass is 307 g/mol. The van der Waals surface area contributed by atoms with Crippen LogP contribution < -0.4 is 16.0 Å². The summed E-state index contributed by atoms with van der Waals surface area (Å²) < 4.78 is 4.75. The molecule has 0 fully saturated rings. The third kappa shape index (κ3) is 6.58. The van der Waals surface area contributed by atoms with Crippen molar-refractivity contribution in [3.63, 3.8) is 0 Å². The van der Waals surface area contributed by atoms with Crippen molar-refractivity contribution in [3.05, 3.63) is 24.3 Å². The Bertz CT molecular complexity index is 506. The Morgan fingerprint density at radius 1 is 1.14 bits per heavy atom. The molecule has 1 aromatic rings. The average molecular weight is 307 g/mol. The van der Waals surface area contributed by atoms with Gasteiger partial charge in [0.2, 0.25) is 11.8 Å². The van der Waals surface area contributed by atoms with Gasteiger partial charge in [-0.25, -0.2) is 0 Å². The molecule has 0 aliphatic heterocycles. The average Bonchev–Trinajstić information content (AvgIpc) is 2.39. The Morgan fingerprint density at radius 3 is 2.18 bits per heavy atom. The summed E-state index contributed by atoms with van der Waals surface area (Å²) in [6.45, 7) is 7.64. The molecule has 0 saturated carbocycles. The van der Waals surface area contributed by atoms with Crippen molar-refractivity contribution in [1.82, 2.24) is 5.32 Å². The lowest BCUT2D eigenvalue weighted by molar-refractivity contribution is -0.123. The van der Waals surface area contributed by atoms with Crippen LogP contribution in [0.3, 0.4) is 0 Å². The first-order chi connectivity index (χ1) is 10.2. The van der Waals surface area contributed by atoms with Crippen LogP contribution in [0.2, 0.25) is 0 Å². The van der Waals surface area contributed by atoms with E-state index in [2.05, 4.69) is 16.0 Å². The number of ether oxygens (including phenoxy) is 1.